The van der Waals surface area contributed by atoms with Crippen LogP contribution in [-0.2, 0) is 6.18 Å². The van der Waals surface area contributed by atoms with Crippen molar-refractivity contribution < 1.29 is 32.2 Å². The molecule has 3 aromatic rings. The van der Waals surface area contributed by atoms with Gasteiger partial charge in [-0.05, 0) is 42.5 Å². The lowest BCUT2D eigenvalue weighted by Crippen LogP contribution is -2.49. The Kier molecular flexibility index (Phi) is 6.13. The molecular weight excluding hydrogens is 477 g/mol. The van der Waals surface area contributed by atoms with Gasteiger partial charge in [0.15, 0.2) is 11.5 Å². The summed E-state index contributed by atoms with van der Waals surface area (Å²) in [5, 5.41) is 2.47. The Balaban J connectivity index is 1.19. The van der Waals surface area contributed by atoms with Gasteiger partial charge in [-0.1, -0.05) is 12.1 Å². The summed E-state index contributed by atoms with van der Waals surface area (Å²) in [7, 11) is 0. The van der Waals surface area contributed by atoms with Gasteiger partial charge in [0.05, 0.1) is 23.0 Å². The average molecular weight is 498 g/mol. The van der Waals surface area contributed by atoms with Gasteiger partial charge >= 0.3 is 6.18 Å². The van der Waals surface area contributed by atoms with Crippen LogP contribution in [0.15, 0.2) is 60.8 Å². The highest BCUT2D eigenvalue weighted by Gasteiger charge is 2.35. The van der Waals surface area contributed by atoms with Crippen LogP contribution >= 0.6 is 0 Å². The van der Waals surface area contributed by atoms with Crippen molar-refractivity contribution in [1.82, 2.24) is 9.88 Å². The van der Waals surface area contributed by atoms with Crippen LogP contribution in [0.1, 0.15) is 26.3 Å². The molecule has 0 bridgehead atoms. The number of anilines is 2. The van der Waals surface area contributed by atoms with Gasteiger partial charge in [0.1, 0.15) is 5.82 Å². The second kappa shape index (κ2) is 9.40. The molecule has 2 aromatic carbocycles. The molecule has 36 heavy (non-hydrogen) atoms. The predicted octanol–water partition coefficient (Wildman–Crippen LogP) is 4.04. The topological polar surface area (TPSA) is 84.0 Å². The van der Waals surface area contributed by atoms with Gasteiger partial charge in [-0.2, -0.15) is 13.2 Å². The Labute approximate surface area is 204 Å². The van der Waals surface area contributed by atoms with E-state index in [1.165, 1.54) is 18.3 Å². The Morgan fingerprint density at radius 1 is 0.917 bits per heavy atom. The molecule has 0 aliphatic carbocycles. The maximum absolute atomic E-state index is 13.2. The number of amides is 2. The third-order valence-corrected chi connectivity index (χ3v) is 5.99. The number of hydrogen-bond donors (Lipinski definition) is 1. The molecule has 1 N–H and O–H groups in total. The summed E-state index contributed by atoms with van der Waals surface area (Å²) in [6.07, 6.45) is -3.24. The van der Waals surface area contributed by atoms with Crippen LogP contribution in [0.25, 0.3) is 0 Å². The van der Waals surface area contributed by atoms with E-state index < -0.39 is 23.2 Å². The number of rotatable bonds is 4. The molecule has 3 heterocycles. The molecule has 1 saturated heterocycles. The molecule has 0 radical (unpaired) electrons. The molecule has 186 valence electrons. The zero-order chi connectivity index (χ0) is 25.3. The van der Waals surface area contributed by atoms with E-state index in [-0.39, 0.29) is 18.4 Å². The number of piperazine rings is 1. The fraction of sp³-hybridized carbons (Fsp3) is 0.240. The lowest BCUT2D eigenvalue weighted by molar-refractivity contribution is -0.137. The number of carbonyl (C=O) groups excluding carboxylic acids is 2. The molecule has 0 spiro atoms. The largest absolute Gasteiger partial charge is 0.454 e. The number of nitrogens with zero attached hydrogens (tertiary/aromatic N) is 3. The second-order valence-electron chi connectivity index (χ2n) is 8.25. The molecular formula is C25H21F3N4O4. The van der Waals surface area contributed by atoms with Crippen molar-refractivity contribution in [2.45, 2.75) is 6.18 Å². The predicted molar refractivity (Wildman–Crippen MR) is 124 cm³/mol. The van der Waals surface area contributed by atoms with Crippen LogP contribution in [0.5, 0.6) is 11.5 Å². The van der Waals surface area contributed by atoms with E-state index in [9.17, 15) is 22.8 Å². The second-order valence-corrected chi connectivity index (χ2v) is 8.25. The summed E-state index contributed by atoms with van der Waals surface area (Å²) in [4.78, 5) is 33.4. The Hall–Kier alpha value is -4.28. The first-order valence-corrected chi connectivity index (χ1v) is 11.2. The average Bonchev–Trinajstić information content (AvgIpc) is 3.36. The van der Waals surface area contributed by atoms with Crippen molar-refractivity contribution >= 4 is 23.3 Å². The number of nitrogens with one attached hydrogen (secondary N) is 1. The van der Waals surface area contributed by atoms with Gasteiger partial charge in [0.25, 0.3) is 11.8 Å². The first kappa shape index (κ1) is 23.5. The Morgan fingerprint density at radius 3 is 2.39 bits per heavy atom. The molecule has 11 heteroatoms. The minimum absolute atomic E-state index is 0.0990. The molecule has 2 amide bonds. The van der Waals surface area contributed by atoms with Crippen molar-refractivity contribution in [2.75, 3.05) is 43.2 Å². The van der Waals surface area contributed by atoms with E-state index >= 15 is 0 Å². The minimum Gasteiger partial charge on any atom is -0.454 e. The number of carbonyl (C=O) groups is 2. The number of fused-ring (bicyclic) bond motifs is 1. The summed E-state index contributed by atoms with van der Waals surface area (Å²) in [6.45, 7) is 2.22. The van der Waals surface area contributed by atoms with E-state index in [0.29, 0.717) is 49.1 Å². The number of benzene rings is 2. The summed E-state index contributed by atoms with van der Waals surface area (Å²) in [5.41, 5.74) is -0.659. The summed E-state index contributed by atoms with van der Waals surface area (Å²) >= 11 is 0. The molecule has 2 aliphatic heterocycles. The van der Waals surface area contributed by atoms with Crippen molar-refractivity contribution in [1.29, 1.82) is 0 Å². The maximum Gasteiger partial charge on any atom is 0.417 e. The molecule has 0 atom stereocenters. The monoisotopic (exact) mass is 498 g/mol. The molecule has 1 aromatic heterocycles. The molecule has 1 fully saturated rings. The van der Waals surface area contributed by atoms with Crippen LogP contribution in [0, 0.1) is 0 Å². The molecule has 0 unspecified atom stereocenters. The molecule has 5 rings (SSSR count). The van der Waals surface area contributed by atoms with E-state index in [1.54, 1.807) is 35.2 Å². The number of ether oxygens (including phenoxy) is 2. The summed E-state index contributed by atoms with van der Waals surface area (Å²) in [5.74, 6) is 0.842. The van der Waals surface area contributed by atoms with Crippen LogP contribution in [0.4, 0.5) is 24.7 Å². The number of pyridine rings is 1. The van der Waals surface area contributed by atoms with Crippen molar-refractivity contribution in [3.8, 4) is 11.5 Å². The normalized spacial score (nSPS) is 15.1. The number of alkyl halides is 3. The van der Waals surface area contributed by atoms with Gasteiger partial charge in [0, 0.05) is 31.7 Å². The standard InChI is InChI=1S/C25H21F3N4O4/c26-25(27,28)19-4-2-1-3-18(19)23(33)30-17-6-8-22(29-14-17)31-9-11-32(12-10-31)24(34)16-5-7-20-21(13-16)36-15-35-20/h1-8,13-14H,9-12,15H2,(H,30,33). The van der Waals surface area contributed by atoms with Crippen molar-refractivity contribution in [2.24, 2.45) is 0 Å². The highest BCUT2D eigenvalue weighted by atomic mass is 19.4. The minimum atomic E-state index is -4.64. The van der Waals surface area contributed by atoms with Gasteiger partial charge < -0.3 is 24.6 Å². The molecule has 2 aliphatic rings. The third-order valence-electron chi connectivity index (χ3n) is 5.99. The Bertz CT molecular complexity index is 1290. The van der Waals surface area contributed by atoms with Gasteiger partial charge in [-0.25, -0.2) is 4.98 Å². The Morgan fingerprint density at radius 2 is 1.67 bits per heavy atom. The zero-order valence-electron chi connectivity index (χ0n) is 18.9. The lowest BCUT2D eigenvalue weighted by atomic mass is 10.1. The third kappa shape index (κ3) is 4.77. The SMILES string of the molecule is O=C(Nc1ccc(N2CCN(C(=O)c3ccc4c(c3)OCO4)CC2)nc1)c1ccccc1C(F)(F)F. The highest BCUT2D eigenvalue weighted by Crippen LogP contribution is 2.33. The van der Waals surface area contributed by atoms with Gasteiger partial charge in [0.2, 0.25) is 6.79 Å². The first-order valence-electron chi connectivity index (χ1n) is 11.2. The molecule has 0 saturated carbocycles. The van der Waals surface area contributed by atoms with Crippen LogP contribution in [-0.4, -0.2) is 54.7 Å². The van der Waals surface area contributed by atoms with Gasteiger partial charge in [-0.3, -0.25) is 9.59 Å². The number of hydrogen-bond acceptors (Lipinski definition) is 6. The van der Waals surface area contributed by atoms with E-state index in [0.717, 1.165) is 12.1 Å². The maximum atomic E-state index is 13.2. The van der Waals surface area contributed by atoms with E-state index in [1.807, 2.05) is 4.90 Å². The van der Waals surface area contributed by atoms with Crippen LogP contribution in [0.3, 0.4) is 0 Å². The smallest absolute Gasteiger partial charge is 0.417 e. The fourth-order valence-electron chi connectivity index (χ4n) is 4.12. The highest BCUT2D eigenvalue weighted by molar-refractivity contribution is 6.05. The van der Waals surface area contributed by atoms with Gasteiger partial charge in [-0.15, -0.1) is 0 Å². The number of halogens is 3. The van der Waals surface area contributed by atoms with Crippen LogP contribution in [0.2, 0.25) is 0 Å². The number of aromatic nitrogens is 1. The lowest BCUT2D eigenvalue weighted by Gasteiger charge is -2.35. The van der Waals surface area contributed by atoms with E-state index in [4.69, 9.17) is 9.47 Å². The summed E-state index contributed by atoms with van der Waals surface area (Å²) in [6, 6.07) is 13.0. The van der Waals surface area contributed by atoms with Crippen molar-refractivity contribution in [3.05, 3.63) is 77.5 Å². The molecule has 8 nitrogen and oxygen atoms in total. The summed E-state index contributed by atoms with van der Waals surface area (Å²) < 4.78 is 50.2. The quantitative estimate of drug-likeness (QED) is 0.585. The zero-order valence-corrected chi connectivity index (χ0v) is 18.9. The van der Waals surface area contributed by atoms with Crippen LogP contribution < -0.4 is 19.7 Å². The first-order chi connectivity index (χ1) is 17.3. The fourth-order valence-corrected chi connectivity index (χ4v) is 4.12. The van der Waals surface area contributed by atoms with Crippen molar-refractivity contribution in [3.63, 3.8) is 0 Å². The van der Waals surface area contributed by atoms with E-state index in [2.05, 4.69) is 10.3 Å².